The zero-order valence-electron chi connectivity index (χ0n) is 14.6. The molecule has 1 fully saturated rings. The minimum atomic E-state index is -2.86. The van der Waals surface area contributed by atoms with Crippen LogP contribution in [-0.4, -0.2) is 47.0 Å². The molecule has 1 unspecified atom stereocenters. The zero-order valence-corrected chi connectivity index (χ0v) is 16.2. The Hall–Kier alpha value is -1.61. The van der Waals surface area contributed by atoms with Crippen LogP contribution in [0.5, 0.6) is 5.75 Å². The van der Waals surface area contributed by atoms with E-state index in [9.17, 15) is 12.8 Å². The summed E-state index contributed by atoms with van der Waals surface area (Å²) < 4.78 is 43.5. The minimum absolute atomic E-state index is 0.143. The van der Waals surface area contributed by atoms with Crippen molar-refractivity contribution >= 4 is 21.6 Å². The van der Waals surface area contributed by atoms with Gasteiger partial charge in [0.1, 0.15) is 17.4 Å². The summed E-state index contributed by atoms with van der Waals surface area (Å²) in [6.07, 6.45) is 2.18. The van der Waals surface area contributed by atoms with E-state index in [4.69, 9.17) is 4.74 Å². The van der Waals surface area contributed by atoms with Crippen LogP contribution < -0.4 is 4.74 Å². The van der Waals surface area contributed by atoms with Crippen LogP contribution in [0.3, 0.4) is 0 Å². The lowest BCUT2D eigenvalue weighted by Gasteiger charge is -2.08. The van der Waals surface area contributed by atoms with Crippen LogP contribution in [-0.2, 0) is 23.3 Å². The van der Waals surface area contributed by atoms with Crippen LogP contribution in [0.2, 0.25) is 0 Å². The molecule has 1 aromatic carbocycles. The van der Waals surface area contributed by atoms with Gasteiger partial charge in [-0.2, -0.15) is 0 Å². The van der Waals surface area contributed by atoms with Crippen LogP contribution >= 0.6 is 11.8 Å². The Morgan fingerprint density at radius 1 is 1.31 bits per heavy atom. The van der Waals surface area contributed by atoms with Crippen molar-refractivity contribution in [1.82, 2.24) is 14.8 Å². The van der Waals surface area contributed by atoms with Crippen molar-refractivity contribution in [2.75, 3.05) is 23.9 Å². The number of hydrogen-bond acceptors (Lipinski definition) is 6. The molecular weight excluding hydrogens is 377 g/mol. The molecule has 1 aliphatic heterocycles. The van der Waals surface area contributed by atoms with Crippen LogP contribution in [0.4, 0.5) is 4.39 Å². The molecule has 1 atom stereocenters. The topological polar surface area (TPSA) is 74.1 Å². The van der Waals surface area contributed by atoms with Gasteiger partial charge < -0.3 is 9.30 Å². The average molecular weight is 400 g/mol. The third kappa shape index (κ3) is 5.20. The van der Waals surface area contributed by atoms with Crippen LogP contribution in [0, 0.1) is 11.7 Å². The van der Waals surface area contributed by atoms with Gasteiger partial charge in [0.2, 0.25) is 0 Å². The molecule has 1 saturated heterocycles. The number of rotatable bonds is 8. The zero-order chi connectivity index (χ0) is 18.6. The number of halogens is 1. The SMILES string of the molecule is Cn1c(CC2CCS(=O)(=O)C2)nnc1SCCCOc1ccc(F)cc1. The van der Waals surface area contributed by atoms with Crippen LogP contribution in [0.25, 0.3) is 0 Å². The van der Waals surface area contributed by atoms with Crippen LogP contribution in [0.15, 0.2) is 29.4 Å². The van der Waals surface area contributed by atoms with E-state index in [1.54, 1.807) is 23.9 Å². The Balaban J connectivity index is 1.41. The number of nitrogens with zero attached hydrogens (tertiary/aromatic N) is 3. The van der Waals surface area contributed by atoms with E-state index in [1.165, 1.54) is 12.1 Å². The van der Waals surface area contributed by atoms with Crippen molar-refractivity contribution in [3.05, 3.63) is 35.9 Å². The summed E-state index contributed by atoms with van der Waals surface area (Å²) in [7, 11) is -0.952. The quantitative estimate of drug-likeness (QED) is 0.502. The van der Waals surface area contributed by atoms with Gasteiger partial charge in [-0.05, 0) is 43.0 Å². The van der Waals surface area contributed by atoms with E-state index in [0.717, 1.165) is 23.2 Å². The second-order valence-electron chi connectivity index (χ2n) is 6.44. The summed E-state index contributed by atoms with van der Waals surface area (Å²) in [6.45, 7) is 0.545. The van der Waals surface area contributed by atoms with Crippen molar-refractivity contribution in [1.29, 1.82) is 0 Å². The summed E-state index contributed by atoms with van der Waals surface area (Å²) in [5, 5.41) is 9.24. The summed E-state index contributed by atoms with van der Waals surface area (Å²) in [4.78, 5) is 0. The molecule has 142 valence electrons. The highest BCUT2D eigenvalue weighted by atomic mass is 32.2. The molecule has 0 saturated carbocycles. The van der Waals surface area contributed by atoms with Gasteiger partial charge in [0.25, 0.3) is 0 Å². The van der Waals surface area contributed by atoms with E-state index >= 15 is 0 Å². The average Bonchev–Trinajstić information content (AvgIpc) is 3.12. The van der Waals surface area contributed by atoms with Crippen molar-refractivity contribution in [3.8, 4) is 5.75 Å². The fourth-order valence-corrected chi connectivity index (χ4v) is 5.59. The maximum absolute atomic E-state index is 12.8. The summed E-state index contributed by atoms with van der Waals surface area (Å²) in [5.41, 5.74) is 0. The molecule has 0 N–H and O–H groups in total. The van der Waals surface area contributed by atoms with E-state index in [2.05, 4.69) is 10.2 Å². The molecule has 0 amide bonds. The number of ether oxygens (including phenoxy) is 1. The summed E-state index contributed by atoms with van der Waals surface area (Å²) in [6, 6.07) is 5.98. The highest BCUT2D eigenvalue weighted by Gasteiger charge is 2.29. The molecule has 0 spiro atoms. The molecule has 3 rings (SSSR count). The maximum Gasteiger partial charge on any atom is 0.190 e. The lowest BCUT2D eigenvalue weighted by Crippen LogP contribution is -2.11. The summed E-state index contributed by atoms with van der Waals surface area (Å²) in [5.74, 6) is 2.71. The lowest BCUT2D eigenvalue weighted by molar-refractivity contribution is 0.318. The molecule has 1 aromatic heterocycles. The van der Waals surface area contributed by atoms with E-state index in [-0.39, 0.29) is 23.2 Å². The predicted molar refractivity (Wildman–Crippen MR) is 98.7 cm³/mol. The Bertz CT molecular complexity index is 837. The molecular formula is C17H22FN3O3S2. The standard InChI is InChI=1S/C17H22FN3O3S2/c1-21-16(11-13-7-10-26(22,23)12-13)19-20-17(21)25-9-2-8-24-15-5-3-14(18)4-6-15/h3-6,13H,2,7-12H2,1H3. The molecule has 0 radical (unpaired) electrons. The lowest BCUT2D eigenvalue weighted by atomic mass is 10.1. The third-order valence-electron chi connectivity index (χ3n) is 4.33. The van der Waals surface area contributed by atoms with Gasteiger partial charge in [-0.15, -0.1) is 10.2 Å². The van der Waals surface area contributed by atoms with E-state index < -0.39 is 9.84 Å². The van der Waals surface area contributed by atoms with Gasteiger partial charge >= 0.3 is 0 Å². The number of aromatic nitrogens is 3. The Kier molecular flexibility index (Phi) is 6.18. The van der Waals surface area contributed by atoms with Crippen molar-refractivity contribution in [3.63, 3.8) is 0 Å². The highest BCUT2D eigenvalue weighted by Crippen LogP contribution is 2.24. The van der Waals surface area contributed by atoms with Gasteiger partial charge in [0.05, 0.1) is 18.1 Å². The molecule has 26 heavy (non-hydrogen) atoms. The monoisotopic (exact) mass is 399 g/mol. The van der Waals surface area contributed by atoms with Crippen LogP contribution in [0.1, 0.15) is 18.7 Å². The molecule has 1 aliphatic rings. The largest absolute Gasteiger partial charge is 0.494 e. The minimum Gasteiger partial charge on any atom is -0.494 e. The number of thioether (sulfide) groups is 1. The van der Waals surface area contributed by atoms with Crippen molar-refractivity contribution in [2.45, 2.75) is 24.4 Å². The van der Waals surface area contributed by atoms with Gasteiger partial charge in [-0.25, -0.2) is 12.8 Å². The van der Waals surface area contributed by atoms with Gasteiger partial charge in [0, 0.05) is 19.2 Å². The second-order valence-corrected chi connectivity index (χ2v) is 9.73. The van der Waals surface area contributed by atoms with Gasteiger partial charge in [-0.3, -0.25) is 0 Å². The molecule has 6 nitrogen and oxygen atoms in total. The molecule has 0 aliphatic carbocycles. The van der Waals surface area contributed by atoms with Crippen molar-refractivity contribution < 1.29 is 17.5 Å². The number of benzene rings is 1. The Labute approximate surface area is 157 Å². The molecule has 0 bridgehead atoms. The highest BCUT2D eigenvalue weighted by molar-refractivity contribution is 7.99. The second kappa shape index (κ2) is 8.39. The Morgan fingerprint density at radius 3 is 2.77 bits per heavy atom. The first kappa shape index (κ1) is 19.2. The first-order chi connectivity index (χ1) is 12.4. The van der Waals surface area contributed by atoms with Gasteiger partial charge in [0.15, 0.2) is 15.0 Å². The Morgan fingerprint density at radius 2 is 2.08 bits per heavy atom. The fourth-order valence-electron chi connectivity index (χ4n) is 2.88. The smallest absolute Gasteiger partial charge is 0.190 e. The number of hydrogen-bond donors (Lipinski definition) is 0. The van der Waals surface area contributed by atoms with Crippen molar-refractivity contribution in [2.24, 2.45) is 13.0 Å². The third-order valence-corrected chi connectivity index (χ3v) is 7.27. The maximum atomic E-state index is 12.8. The van der Waals surface area contributed by atoms with Gasteiger partial charge in [-0.1, -0.05) is 11.8 Å². The molecule has 2 aromatic rings. The number of sulfone groups is 1. The predicted octanol–water partition coefficient (Wildman–Crippen LogP) is 2.49. The van der Waals surface area contributed by atoms with E-state index in [0.29, 0.717) is 25.2 Å². The molecule has 9 heteroatoms. The molecule has 2 heterocycles. The summed E-state index contributed by atoms with van der Waals surface area (Å²) >= 11 is 1.59. The fraction of sp³-hybridized carbons (Fsp3) is 0.529. The normalized spacial score (nSPS) is 18.9. The van der Waals surface area contributed by atoms with E-state index in [1.807, 2.05) is 11.6 Å². The first-order valence-electron chi connectivity index (χ1n) is 8.53. The first-order valence-corrected chi connectivity index (χ1v) is 11.3.